The highest BCUT2D eigenvalue weighted by atomic mass is 32.1. The van der Waals surface area contributed by atoms with E-state index in [4.69, 9.17) is 9.47 Å². The number of nitrogens with zero attached hydrogens (tertiary/aromatic N) is 2. The summed E-state index contributed by atoms with van der Waals surface area (Å²) in [6.07, 6.45) is 0.790. The Kier molecular flexibility index (Phi) is 5.58. The van der Waals surface area contributed by atoms with E-state index in [0.717, 1.165) is 17.8 Å². The molecular formula is C16H22N2O5S. The number of ketones is 1. The van der Waals surface area contributed by atoms with Crippen molar-refractivity contribution in [2.75, 3.05) is 13.2 Å². The first-order valence-corrected chi connectivity index (χ1v) is 8.77. The first-order valence-electron chi connectivity index (χ1n) is 7.89. The Morgan fingerprint density at radius 1 is 1.38 bits per heavy atom. The summed E-state index contributed by atoms with van der Waals surface area (Å²) >= 11 is 1.09. The lowest BCUT2D eigenvalue weighted by Crippen LogP contribution is -2.43. The molecule has 0 aliphatic carbocycles. The normalized spacial score (nSPS) is 17.7. The molecule has 0 aromatic carbocycles. The zero-order chi connectivity index (χ0) is 17.9. The number of hydrogen-bond acceptors (Lipinski definition) is 7. The summed E-state index contributed by atoms with van der Waals surface area (Å²) in [5, 5.41) is 1.70. The highest BCUT2D eigenvalue weighted by Crippen LogP contribution is 2.25. The topological polar surface area (TPSA) is 85.8 Å². The van der Waals surface area contributed by atoms with Crippen LogP contribution in [0.15, 0.2) is 5.38 Å². The van der Waals surface area contributed by atoms with Crippen molar-refractivity contribution in [2.45, 2.75) is 52.2 Å². The molecule has 0 spiro atoms. The van der Waals surface area contributed by atoms with Crippen LogP contribution in [0.5, 0.6) is 0 Å². The molecule has 1 amide bonds. The summed E-state index contributed by atoms with van der Waals surface area (Å²) in [5.74, 6) is -0.817. The standard InChI is InChI=1S/C16H22N2O5S/c1-5-22-14(20)10-9-24-13(17-10)12(19)11-7-6-8-18(11)15(21)23-16(2,3)4/h9,11H,5-8H2,1-4H3/t11-/m1/s1. The molecule has 24 heavy (non-hydrogen) atoms. The number of thiazole rings is 1. The van der Waals surface area contributed by atoms with Crippen LogP contribution in [0.3, 0.4) is 0 Å². The second kappa shape index (κ2) is 7.29. The van der Waals surface area contributed by atoms with Gasteiger partial charge in [0.1, 0.15) is 11.6 Å². The van der Waals surface area contributed by atoms with Gasteiger partial charge in [-0.1, -0.05) is 0 Å². The molecule has 0 saturated carbocycles. The zero-order valence-corrected chi connectivity index (χ0v) is 15.1. The molecule has 0 N–H and O–H groups in total. The molecule has 0 bridgehead atoms. The number of amides is 1. The summed E-state index contributed by atoms with van der Waals surface area (Å²) in [4.78, 5) is 42.1. The van der Waals surface area contributed by atoms with E-state index < -0.39 is 23.7 Å². The van der Waals surface area contributed by atoms with Crippen molar-refractivity contribution in [1.82, 2.24) is 9.88 Å². The van der Waals surface area contributed by atoms with Gasteiger partial charge in [0.05, 0.1) is 6.61 Å². The van der Waals surface area contributed by atoms with Crippen LogP contribution in [0.4, 0.5) is 4.79 Å². The van der Waals surface area contributed by atoms with Crippen molar-refractivity contribution < 1.29 is 23.9 Å². The van der Waals surface area contributed by atoms with Crippen LogP contribution in [0.1, 0.15) is 60.8 Å². The van der Waals surface area contributed by atoms with Gasteiger partial charge in [-0.05, 0) is 40.5 Å². The Labute approximate surface area is 145 Å². The molecule has 7 nitrogen and oxygen atoms in total. The fourth-order valence-corrected chi connectivity index (χ4v) is 3.18. The number of Topliss-reactive ketones (excluding diaryl/α,β-unsaturated/α-hetero) is 1. The summed E-state index contributed by atoms with van der Waals surface area (Å²) in [6, 6.07) is -0.596. The Morgan fingerprint density at radius 3 is 2.71 bits per heavy atom. The van der Waals surface area contributed by atoms with E-state index in [9.17, 15) is 14.4 Å². The van der Waals surface area contributed by atoms with Crippen LogP contribution in [-0.2, 0) is 9.47 Å². The van der Waals surface area contributed by atoms with Gasteiger partial charge in [-0.15, -0.1) is 11.3 Å². The van der Waals surface area contributed by atoms with Gasteiger partial charge in [0, 0.05) is 11.9 Å². The second-order valence-corrected chi connectivity index (χ2v) is 7.31. The summed E-state index contributed by atoms with van der Waals surface area (Å²) < 4.78 is 10.2. The van der Waals surface area contributed by atoms with Crippen molar-refractivity contribution >= 4 is 29.2 Å². The SMILES string of the molecule is CCOC(=O)c1csc(C(=O)[C@H]2CCCN2C(=O)OC(C)(C)C)n1. The molecule has 1 aromatic rings. The Balaban J connectivity index is 2.11. The molecule has 1 aliphatic heterocycles. The maximum absolute atomic E-state index is 12.7. The molecule has 1 aromatic heterocycles. The van der Waals surface area contributed by atoms with Gasteiger partial charge in [-0.3, -0.25) is 9.69 Å². The van der Waals surface area contributed by atoms with E-state index in [2.05, 4.69) is 4.98 Å². The minimum absolute atomic E-state index is 0.118. The molecular weight excluding hydrogens is 332 g/mol. The third kappa shape index (κ3) is 4.31. The number of esters is 1. The molecule has 0 radical (unpaired) electrons. The molecule has 8 heteroatoms. The van der Waals surface area contributed by atoms with Crippen LogP contribution < -0.4 is 0 Å². The van der Waals surface area contributed by atoms with Crippen molar-refractivity contribution in [3.05, 3.63) is 16.1 Å². The largest absolute Gasteiger partial charge is 0.461 e. The quantitative estimate of drug-likeness (QED) is 0.610. The van der Waals surface area contributed by atoms with Gasteiger partial charge >= 0.3 is 12.1 Å². The number of aromatic nitrogens is 1. The van der Waals surface area contributed by atoms with E-state index in [1.807, 2.05) is 0 Å². The lowest BCUT2D eigenvalue weighted by Gasteiger charge is -2.27. The van der Waals surface area contributed by atoms with E-state index >= 15 is 0 Å². The Hall–Kier alpha value is -1.96. The molecule has 1 atom stereocenters. The monoisotopic (exact) mass is 354 g/mol. The summed E-state index contributed by atoms with van der Waals surface area (Å²) in [7, 11) is 0. The smallest absolute Gasteiger partial charge is 0.410 e. The van der Waals surface area contributed by atoms with Crippen LogP contribution >= 0.6 is 11.3 Å². The van der Waals surface area contributed by atoms with Gasteiger partial charge in [-0.2, -0.15) is 0 Å². The first-order chi connectivity index (χ1) is 11.2. The van der Waals surface area contributed by atoms with Crippen LogP contribution in [-0.4, -0.2) is 52.5 Å². The average molecular weight is 354 g/mol. The van der Waals surface area contributed by atoms with Crippen molar-refractivity contribution in [2.24, 2.45) is 0 Å². The van der Waals surface area contributed by atoms with E-state index in [0.29, 0.717) is 13.0 Å². The van der Waals surface area contributed by atoms with E-state index in [1.54, 1.807) is 27.7 Å². The molecule has 132 valence electrons. The molecule has 1 saturated heterocycles. The maximum Gasteiger partial charge on any atom is 0.410 e. The minimum atomic E-state index is -0.620. The van der Waals surface area contributed by atoms with Gasteiger partial charge in [0.25, 0.3) is 0 Å². The van der Waals surface area contributed by atoms with Crippen LogP contribution in [0, 0.1) is 0 Å². The number of ether oxygens (including phenoxy) is 2. The predicted molar refractivity (Wildman–Crippen MR) is 88.4 cm³/mol. The fourth-order valence-electron chi connectivity index (χ4n) is 2.41. The maximum atomic E-state index is 12.7. The van der Waals surface area contributed by atoms with Gasteiger partial charge in [0.15, 0.2) is 10.7 Å². The molecule has 2 rings (SSSR count). The lowest BCUT2D eigenvalue weighted by molar-refractivity contribution is 0.0222. The molecule has 1 aliphatic rings. The lowest BCUT2D eigenvalue weighted by atomic mass is 10.1. The van der Waals surface area contributed by atoms with Crippen LogP contribution in [0.25, 0.3) is 0 Å². The van der Waals surface area contributed by atoms with Crippen LogP contribution in [0.2, 0.25) is 0 Å². The van der Waals surface area contributed by atoms with E-state index in [1.165, 1.54) is 10.3 Å². The van der Waals surface area contributed by atoms with Gasteiger partial charge in [0.2, 0.25) is 5.78 Å². The third-order valence-electron chi connectivity index (χ3n) is 3.38. The summed E-state index contributed by atoms with van der Waals surface area (Å²) in [6.45, 7) is 7.77. The number of carbonyl (C=O) groups is 3. The average Bonchev–Trinajstić information content (AvgIpc) is 3.14. The van der Waals surface area contributed by atoms with Crippen molar-refractivity contribution in [3.63, 3.8) is 0 Å². The second-order valence-electron chi connectivity index (χ2n) is 6.45. The Morgan fingerprint density at radius 2 is 2.08 bits per heavy atom. The van der Waals surface area contributed by atoms with Crippen molar-refractivity contribution in [3.8, 4) is 0 Å². The summed E-state index contributed by atoms with van der Waals surface area (Å²) in [5.41, 5.74) is -0.502. The number of carbonyl (C=O) groups excluding carboxylic acids is 3. The highest BCUT2D eigenvalue weighted by molar-refractivity contribution is 7.12. The molecule has 1 fully saturated rings. The molecule has 0 unspecified atom stereocenters. The third-order valence-corrected chi connectivity index (χ3v) is 4.24. The highest BCUT2D eigenvalue weighted by Gasteiger charge is 2.38. The van der Waals surface area contributed by atoms with Gasteiger partial charge in [-0.25, -0.2) is 14.6 Å². The number of hydrogen-bond donors (Lipinski definition) is 0. The zero-order valence-electron chi connectivity index (χ0n) is 14.3. The molecule has 2 heterocycles. The van der Waals surface area contributed by atoms with E-state index in [-0.39, 0.29) is 23.1 Å². The van der Waals surface area contributed by atoms with Gasteiger partial charge < -0.3 is 9.47 Å². The predicted octanol–water partition coefficient (Wildman–Crippen LogP) is 2.90. The minimum Gasteiger partial charge on any atom is -0.461 e. The number of rotatable bonds is 4. The van der Waals surface area contributed by atoms with Crippen molar-refractivity contribution in [1.29, 1.82) is 0 Å². The number of likely N-dealkylation sites (tertiary alicyclic amines) is 1. The Bertz CT molecular complexity index is 635. The fraction of sp³-hybridized carbons (Fsp3) is 0.625. The first kappa shape index (κ1) is 18.4.